The number of carbonyl (C=O) groups excluding carboxylic acids is 4. The molecule has 0 saturated heterocycles. The molecule has 0 amide bonds. The average molecular weight is 514 g/mol. The molecule has 200 valence electrons. The van der Waals surface area contributed by atoms with Crippen molar-refractivity contribution in [2.45, 2.75) is 70.9 Å². The minimum absolute atomic E-state index is 0.0194. The number of hydrogen-bond acceptors (Lipinski definition) is 9. The molecule has 9 nitrogen and oxygen atoms in total. The molecule has 2 N–H and O–H groups in total. The summed E-state index contributed by atoms with van der Waals surface area (Å²) < 4.78 is 21.3. The van der Waals surface area contributed by atoms with Gasteiger partial charge in [-0.05, 0) is 49.6 Å². The van der Waals surface area contributed by atoms with E-state index in [0.29, 0.717) is 24.0 Å². The van der Waals surface area contributed by atoms with Crippen LogP contribution in [0.4, 0.5) is 0 Å². The highest BCUT2D eigenvalue weighted by Crippen LogP contribution is 2.32. The Morgan fingerprint density at radius 1 is 0.892 bits per heavy atom. The van der Waals surface area contributed by atoms with Gasteiger partial charge in [0.15, 0.2) is 11.5 Å². The summed E-state index contributed by atoms with van der Waals surface area (Å²) in [5, 5.41) is 0. The zero-order valence-corrected chi connectivity index (χ0v) is 21.8. The Morgan fingerprint density at radius 3 is 2.05 bits per heavy atom. The summed E-state index contributed by atoms with van der Waals surface area (Å²) >= 11 is 0. The zero-order chi connectivity index (χ0) is 27.4. The molecule has 37 heavy (non-hydrogen) atoms. The van der Waals surface area contributed by atoms with Crippen LogP contribution in [0.2, 0.25) is 0 Å². The zero-order valence-electron chi connectivity index (χ0n) is 21.8. The van der Waals surface area contributed by atoms with E-state index < -0.39 is 35.5 Å². The van der Waals surface area contributed by atoms with Crippen LogP contribution in [-0.2, 0) is 30.3 Å². The van der Waals surface area contributed by atoms with Crippen LogP contribution >= 0.6 is 0 Å². The number of benzene rings is 2. The van der Waals surface area contributed by atoms with E-state index >= 15 is 0 Å². The highest BCUT2D eigenvalue weighted by atomic mass is 16.6. The van der Waals surface area contributed by atoms with Gasteiger partial charge in [-0.3, -0.25) is 14.4 Å². The Kier molecular flexibility index (Phi) is 11.3. The number of methoxy groups -OCH3 is 1. The normalized spacial score (nSPS) is 13.1. The van der Waals surface area contributed by atoms with Gasteiger partial charge in [0.25, 0.3) is 0 Å². The lowest BCUT2D eigenvalue weighted by Gasteiger charge is -2.29. The van der Waals surface area contributed by atoms with Crippen LogP contribution < -0.4 is 15.2 Å². The van der Waals surface area contributed by atoms with E-state index in [-0.39, 0.29) is 37.2 Å². The van der Waals surface area contributed by atoms with E-state index in [1.54, 1.807) is 43.3 Å². The maximum absolute atomic E-state index is 12.7. The molecule has 0 spiro atoms. The second kappa shape index (κ2) is 14.1. The second-order valence-corrected chi connectivity index (χ2v) is 8.84. The molecule has 0 aliphatic heterocycles. The molecule has 0 heterocycles. The molecule has 2 aromatic carbocycles. The van der Waals surface area contributed by atoms with Gasteiger partial charge >= 0.3 is 23.9 Å². The third-order valence-electron chi connectivity index (χ3n) is 5.44. The number of rotatable bonds is 13. The maximum Gasteiger partial charge on any atom is 0.338 e. The monoisotopic (exact) mass is 513 g/mol. The lowest BCUT2D eigenvalue weighted by Crippen LogP contribution is -2.53. The average Bonchev–Trinajstić information content (AvgIpc) is 2.85. The molecule has 0 aliphatic rings. The fourth-order valence-electron chi connectivity index (χ4n) is 3.76. The van der Waals surface area contributed by atoms with E-state index in [4.69, 9.17) is 24.7 Å². The molecular weight excluding hydrogens is 478 g/mol. The SMILES string of the molecule is CCCC(=O)Oc1ccc(CC(N)(C[C@H](C)OC(=O)c2ccccc2)C(=O)OC)cc1OC(=O)CCC. The Bertz CT molecular complexity index is 1080. The molecule has 2 atom stereocenters. The molecule has 0 fully saturated rings. The lowest BCUT2D eigenvalue weighted by molar-refractivity contribution is -0.148. The third kappa shape index (κ3) is 9.02. The quantitative estimate of drug-likeness (QED) is 0.310. The fourth-order valence-corrected chi connectivity index (χ4v) is 3.76. The Morgan fingerprint density at radius 2 is 1.49 bits per heavy atom. The van der Waals surface area contributed by atoms with Gasteiger partial charge in [-0.1, -0.05) is 38.1 Å². The number of carbonyl (C=O) groups is 4. The van der Waals surface area contributed by atoms with Crippen molar-refractivity contribution >= 4 is 23.9 Å². The van der Waals surface area contributed by atoms with Crippen molar-refractivity contribution in [3.8, 4) is 11.5 Å². The van der Waals surface area contributed by atoms with Gasteiger partial charge in [-0.25, -0.2) is 4.79 Å². The van der Waals surface area contributed by atoms with E-state index in [1.165, 1.54) is 19.2 Å². The van der Waals surface area contributed by atoms with Gasteiger partial charge in [0.1, 0.15) is 11.6 Å². The number of hydrogen-bond donors (Lipinski definition) is 1. The van der Waals surface area contributed by atoms with E-state index in [0.717, 1.165) is 0 Å². The summed E-state index contributed by atoms with van der Waals surface area (Å²) in [6, 6.07) is 13.1. The van der Waals surface area contributed by atoms with Crippen molar-refractivity contribution in [1.82, 2.24) is 0 Å². The molecule has 0 bridgehead atoms. The Balaban J connectivity index is 2.27. The first-order valence-electron chi connectivity index (χ1n) is 12.3. The van der Waals surface area contributed by atoms with Gasteiger partial charge < -0.3 is 24.7 Å². The molecule has 0 aromatic heterocycles. The van der Waals surface area contributed by atoms with Crippen molar-refractivity contribution in [3.05, 3.63) is 59.7 Å². The smallest absolute Gasteiger partial charge is 0.338 e. The molecule has 2 rings (SSSR count). The number of esters is 4. The first-order chi connectivity index (χ1) is 17.6. The van der Waals surface area contributed by atoms with Crippen LogP contribution in [0.25, 0.3) is 0 Å². The van der Waals surface area contributed by atoms with E-state index in [9.17, 15) is 19.2 Å². The number of nitrogens with two attached hydrogens (primary N) is 1. The summed E-state index contributed by atoms with van der Waals surface area (Å²) in [7, 11) is 1.22. The van der Waals surface area contributed by atoms with Crippen molar-refractivity contribution < 1.29 is 38.1 Å². The molecule has 2 aromatic rings. The standard InChI is InChI=1S/C28H35NO8/c1-5-10-24(30)36-22-15-14-20(16-23(22)37-25(31)11-6-2)18-28(29,27(33)34-4)17-19(3)35-26(32)21-12-8-7-9-13-21/h7-9,12-16,19H,5-6,10-11,17-18,29H2,1-4H3/t19-,28?/m0/s1. The fraction of sp³-hybridized carbons (Fsp3) is 0.429. The van der Waals surface area contributed by atoms with Gasteiger partial charge in [-0.15, -0.1) is 0 Å². The maximum atomic E-state index is 12.7. The number of ether oxygens (including phenoxy) is 4. The van der Waals surface area contributed by atoms with Crippen LogP contribution in [-0.4, -0.2) is 42.6 Å². The topological polar surface area (TPSA) is 131 Å². The molecule has 0 saturated carbocycles. The van der Waals surface area contributed by atoms with Gasteiger partial charge in [-0.2, -0.15) is 0 Å². The second-order valence-electron chi connectivity index (χ2n) is 8.84. The van der Waals surface area contributed by atoms with Crippen LogP contribution in [0, 0.1) is 0 Å². The van der Waals surface area contributed by atoms with Crippen molar-refractivity contribution in [2.75, 3.05) is 7.11 Å². The highest BCUT2D eigenvalue weighted by molar-refractivity contribution is 5.89. The molecule has 0 radical (unpaired) electrons. The summed E-state index contributed by atoms with van der Waals surface area (Å²) in [6.07, 6.45) is 0.803. The Hall–Kier alpha value is -3.72. The predicted octanol–water partition coefficient (Wildman–Crippen LogP) is 4.15. The Labute approximate surface area is 217 Å². The van der Waals surface area contributed by atoms with E-state index in [1.807, 2.05) is 13.8 Å². The van der Waals surface area contributed by atoms with E-state index in [2.05, 4.69) is 0 Å². The molecular formula is C28H35NO8. The highest BCUT2D eigenvalue weighted by Gasteiger charge is 2.38. The summed E-state index contributed by atoms with van der Waals surface area (Å²) in [5.74, 6) is -2.03. The van der Waals surface area contributed by atoms with Crippen molar-refractivity contribution in [3.63, 3.8) is 0 Å². The molecule has 9 heteroatoms. The van der Waals surface area contributed by atoms with Crippen LogP contribution in [0.1, 0.15) is 68.8 Å². The summed E-state index contributed by atoms with van der Waals surface area (Å²) in [5.41, 5.74) is 5.85. The van der Waals surface area contributed by atoms with Crippen molar-refractivity contribution in [2.24, 2.45) is 5.73 Å². The predicted molar refractivity (Wildman–Crippen MR) is 136 cm³/mol. The minimum atomic E-state index is -1.56. The first kappa shape index (κ1) is 29.5. The summed E-state index contributed by atoms with van der Waals surface area (Å²) in [4.78, 5) is 49.4. The minimum Gasteiger partial charge on any atom is -0.468 e. The van der Waals surface area contributed by atoms with Crippen molar-refractivity contribution in [1.29, 1.82) is 0 Å². The largest absolute Gasteiger partial charge is 0.468 e. The first-order valence-corrected chi connectivity index (χ1v) is 12.3. The van der Waals surface area contributed by atoms with Crippen LogP contribution in [0.15, 0.2) is 48.5 Å². The molecule has 1 unspecified atom stereocenters. The van der Waals surface area contributed by atoms with Gasteiger partial charge in [0.05, 0.1) is 12.7 Å². The molecule has 0 aliphatic carbocycles. The van der Waals surface area contributed by atoms with Gasteiger partial charge in [0.2, 0.25) is 0 Å². The summed E-state index contributed by atoms with van der Waals surface area (Å²) in [6.45, 7) is 5.32. The lowest BCUT2D eigenvalue weighted by atomic mass is 9.86. The van der Waals surface area contributed by atoms with Crippen LogP contribution in [0.5, 0.6) is 11.5 Å². The van der Waals surface area contributed by atoms with Crippen LogP contribution in [0.3, 0.4) is 0 Å². The third-order valence-corrected chi connectivity index (χ3v) is 5.44. The van der Waals surface area contributed by atoms with Gasteiger partial charge in [0, 0.05) is 25.7 Å².